The summed E-state index contributed by atoms with van der Waals surface area (Å²) in [5, 5.41) is 7.46. The second kappa shape index (κ2) is 5.58. The average Bonchev–Trinajstić information content (AvgIpc) is 3.13. The Morgan fingerprint density at radius 3 is 2.54 bits per heavy atom. The van der Waals surface area contributed by atoms with E-state index in [2.05, 4.69) is 25.3 Å². The van der Waals surface area contributed by atoms with Gasteiger partial charge in [0.15, 0.2) is 0 Å². The van der Waals surface area contributed by atoms with Crippen LogP contribution in [0.15, 0.2) is 24.8 Å². The Kier molecular flexibility index (Phi) is 3.51. The third kappa shape index (κ3) is 2.64. The van der Waals surface area contributed by atoms with Crippen LogP contribution in [0.25, 0.3) is 0 Å². The van der Waals surface area contributed by atoms with Gasteiger partial charge in [-0.3, -0.25) is 9.48 Å². The largest absolute Gasteiger partial charge is 0.350 e. The highest BCUT2D eigenvalue weighted by molar-refractivity contribution is 5.87. The smallest absolute Gasteiger partial charge is 0.228 e. The van der Waals surface area contributed by atoms with Crippen molar-refractivity contribution in [3.8, 4) is 0 Å². The van der Waals surface area contributed by atoms with Gasteiger partial charge in [-0.05, 0) is 31.7 Å². The molecule has 0 bridgehead atoms. The lowest BCUT2D eigenvalue weighted by Gasteiger charge is -2.39. The van der Waals surface area contributed by atoms with Crippen molar-refractivity contribution in [1.29, 1.82) is 0 Å². The summed E-state index contributed by atoms with van der Waals surface area (Å²) in [5.74, 6) is 0.826. The molecule has 0 aromatic carbocycles. The summed E-state index contributed by atoms with van der Waals surface area (Å²) >= 11 is 0. The number of rotatable bonds is 2. The van der Waals surface area contributed by atoms with Crippen molar-refractivity contribution in [2.24, 2.45) is 7.05 Å². The first-order valence-electron chi connectivity index (χ1n) is 8.39. The second-order valence-electron chi connectivity index (χ2n) is 7.02. The van der Waals surface area contributed by atoms with Gasteiger partial charge in [0, 0.05) is 49.8 Å². The van der Waals surface area contributed by atoms with Gasteiger partial charge >= 0.3 is 0 Å². The van der Waals surface area contributed by atoms with E-state index < -0.39 is 0 Å². The molecule has 0 saturated carbocycles. The Morgan fingerprint density at radius 1 is 1.21 bits per heavy atom. The molecule has 4 heterocycles. The molecule has 4 rings (SSSR count). The van der Waals surface area contributed by atoms with E-state index in [9.17, 15) is 4.79 Å². The van der Waals surface area contributed by atoms with Crippen LogP contribution in [0.2, 0.25) is 0 Å². The van der Waals surface area contributed by atoms with E-state index in [0.717, 1.165) is 49.4 Å². The highest BCUT2D eigenvalue weighted by atomic mass is 16.2. The van der Waals surface area contributed by atoms with Crippen LogP contribution in [0.5, 0.6) is 0 Å². The average molecular weight is 326 g/mol. The van der Waals surface area contributed by atoms with E-state index in [0.29, 0.717) is 0 Å². The van der Waals surface area contributed by atoms with E-state index >= 15 is 0 Å². The molecule has 1 unspecified atom stereocenters. The topological polar surface area (TPSA) is 75.9 Å². The molecule has 7 nitrogen and oxygen atoms in total. The lowest BCUT2D eigenvalue weighted by molar-refractivity contribution is -0.121. The number of piperidine rings is 1. The van der Waals surface area contributed by atoms with Crippen molar-refractivity contribution >= 4 is 11.9 Å². The summed E-state index contributed by atoms with van der Waals surface area (Å²) in [5.41, 5.74) is 1.98. The molecule has 2 saturated heterocycles. The fourth-order valence-electron chi connectivity index (χ4n) is 3.79. The molecule has 0 radical (unpaired) electrons. The Bertz CT molecular complexity index is 745. The van der Waals surface area contributed by atoms with E-state index in [1.807, 2.05) is 32.6 Å². The van der Waals surface area contributed by atoms with Crippen molar-refractivity contribution in [3.05, 3.63) is 35.9 Å². The van der Waals surface area contributed by atoms with Gasteiger partial charge in [-0.25, -0.2) is 9.97 Å². The molecule has 24 heavy (non-hydrogen) atoms. The number of carbonyl (C=O) groups excluding carboxylic acids is 1. The Hall–Kier alpha value is -2.44. The summed E-state index contributed by atoms with van der Waals surface area (Å²) in [7, 11) is 1.88. The number of hydrogen-bond donors (Lipinski definition) is 1. The molecular formula is C17H22N6O. The van der Waals surface area contributed by atoms with Crippen molar-refractivity contribution in [2.75, 3.05) is 18.0 Å². The van der Waals surface area contributed by atoms with Gasteiger partial charge in [-0.1, -0.05) is 0 Å². The normalized spacial score (nSPS) is 22.8. The van der Waals surface area contributed by atoms with Crippen molar-refractivity contribution in [3.63, 3.8) is 0 Å². The first kappa shape index (κ1) is 15.1. The molecule has 2 aliphatic rings. The first-order chi connectivity index (χ1) is 11.5. The van der Waals surface area contributed by atoms with E-state index in [4.69, 9.17) is 0 Å². The quantitative estimate of drug-likeness (QED) is 0.896. The van der Waals surface area contributed by atoms with Crippen LogP contribution in [-0.2, 0) is 11.8 Å². The lowest BCUT2D eigenvalue weighted by Crippen LogP contribution is -2.51. The van der Waals surface area contributed by atoms with Crippen LogP contribution < -0.4 is 10.2 Å². The van der Waals surface area contributed by atoms with Gasteiger partial charge in [-0.15, -0.1) is 0 Å². The Labute approximate surface area is 141 Å². The third-order valence-electron chi connectivity index (χ3n) is 5.20. The summed E-state index contributed by atoms with van der Waals surface area (Å²) < 4.78 is 1.75. The highest BCUT2D eigenvalue weighted by Crippen LogP contribution is 2.39. The minimum absolute atomic E-state index is 0.0825. The van der Waals surface area contributed by atoms with Gasteiger partial charge in [0.1, 0.15) is 0 Å². The third-order valence-corrected chi connectivity index (χ3v) is 5.20. The molecular weight excluding hydrogens is 304 g/mol. The van der Waals surface area contributed by atoms with E-state index in [1.54, 1.807) is 10.9 Å². The Balaban J connectivity index is 1.45. The van der Waals surface area contributed by atoms with Gasteiger partial charge < -0.3 is 10.2 Å². The van der Waals surface area contributed by atoms with Gasteiger partial charge in [-0.2, -0.15) is 5.10 Å². The number of nitrogens with one attached hydrogen (secondary N) is 1. The first-order valence-corrected chi connectivity index (χ1v) is 8.39. The van der Waals surface area contributed by atoms with E-state index in [-0.39, 0.29) is 17.4 Å². The number of aryl methyl sites for hydroxylation is 2. The van der Waals surface area contributed by atoms with Crippen molar-refractivity contribution in [1.82, 2.24) is 25.1 Å². The van der Waals surface area contributed by atoms with Crippen LogP contribution in [0.3, 0.4) is 0 Å². The number of hydrogen-bond acceptors (Lipinski definition) is 5. The maximum Gasteiger partial charge on any atom is 0.228 e. The standard InChI is InChI=1S/C17H22N6O/c1-12-8-18-16(19-9-12)23-5-3-17(4-6-23)7-14(15(24)21-17)13-10-20-22(2)11-13/h8-11,14H,3-7H2,1-2H3,(H,21,24). The second-order valence-corrected chi connectivity index (χ2v) is 7.02. The zero-order valence-electron chi connectivity index (χ0n) is 14.1. The number of amides is 1. The lowest BCUT2D eigenvalue weighted by atomic mass is 9.82. The molecule has 1 atom stereocenters. The predicted molar refractivity (Wildman–Crippen MR) is 89.7 cm³/mol. The molecule has 1 spiro atoms. The molecule has 1 N–H and O–H groups in total. The molecule has 2 fully saturated rings. The van der Waals surface area contributed by atoms with Crippen LogP contribution in [0.4, 0.5) is 5.95 Å². The summed E-state index contributed by atoms with van der Waals surface area (Å²) in [6.45, 7) is 3.72. The molecule has 7 heteroatoms. The number of aromatic nitrogens is 4. The fourth-order valence-corrected chi connectivity index (χ4v) is 3.79. The van der Waals surface area contributed by atoms with Crippen LogP contribution >= 0.6 is 0 Å². The molecule has 0 aliphatic carbocycles. The molecule has 2 aromatic heterocycles. The fraction of sp³-hybridized carbons (Fsp3) is 0.529. The number of nitrogens with zero attached hydrogens (tertiary/aromatic N) is 5. The zero-order valence-corrected chi connectivity index (χ0v) is 14.1. The zero-order chi connectivity index (χ0) is 16.7. The van der Waals surface area contributed by atoms with Gasteiger partial charge in [0.25, 0.3) is 0 Å². The van der Waals surface area contributed by atoms with Crippen LogP contribution in [-0.4, -0.2) is 44.3 Å². The minimum Gasteiger partial charge on any atom is -0.350 e. The summed E-state index contributed by atoms with van der Waals surface area (Å²) in [4.78, 5) is 23.5. The SMILES string of the molecule is Cc1cnc(N2CCC3(CC2)CC(c2cnn(C)c2)C(=O)N3)nc1. The molecule has 1 amide bonds. The highest BCUT2D eigenvalue weighted by Gasteiger charge is 2.46. The predicted octanol–water partition coefficient (Wildman–Crippen LogP) is 1.16. The van der Waals surface area contributed by atoms with Gasteiger partial charge in [0.05, 0.1) is 12.1 Å². The number of carbonyl (C=O) groups is 1. The van der Waals surface area contributed by atoms with Crippen molar-refractivity contribution in [2.45, 2.75) is 37.6 Å². The molecule has 2 aliphatic heterocycles. The van der Waals surface area contributed by atoms with Crippen LogP contribution in [0.1, 0.15) is 36.3 Å². The molecule has 2 aromatic rings. The minimum atomic E-state index is -0.0984. The maximum atomic E-state index is 12.5. The summed E-state index contributed by atoms with van der Waals surface area (Å²) in [6, 6.07) is 0. The summed E-state index contributed by atoms with van der Waals surface area (Å²) in [6.07, 6.45) is 10.1. The Morgan fingerprint density at radius 2 is 1.92 bits per heavy atom. The van der Waals surface area contributed by atoms with Crippen molar-refractivity contribution < 1.29 is 4.79 Å². The van der Waals surface area contributed by atoms with Gasteiger partial charge in [0.2, 0.25) is 11.9 Å². The van der Waals surface area contributed by atoms with Crippen LogP contribution in [0, 0.1) is 6.92 Å². The maximum absolute atomic E-state index is 12.5. The molecule has 126 valence electrons. The number of anilines is 1. The monoisotopic (exact) mass is 326 g/mol. The van der Waals surface area contributed by atoms with E-state index in [1.165, 1.54) is 0 Å².